The molecule has 0 radical (unpaired) electrons. The van der Waals surface area contributed by atoms with Crippen molar-refractivity contribution in [2.45, 2.75) is 26.4 Å². The van der Waals surface area contributed by atoms with E-state index in [0.29, 0.717) is 39.5 Å². The zero-order valence-corrected chi connectivity index (χ0v) is 23.6. The number of anilines is 2. The Labute approximate surface area is 242 Å². The first-order valence-corrected chi connectivity index (χ1v) is 13.4. The number of ether oxygens (including phenoxy) is 2. The molecule has 42 heavy (non-hydrogen) atoms. The van der Waals surface area contributed by atoms with E-state index in [2.05, 4.69) is 28.6 Å². The van der Waals surface area contributed by atoms with E-state index >= 15 is 0 Å². The molecule has 0 aliphatic carbocycles. The van der Waals surface area contributed by atoms with Crippen molar-refractivity contribution >= 4 is 39.4 Å². The zero-order valence-electron chi connectivity index (χ0n) is 23.6. The number of phenolic OH excluding ortho intramolecular Hbond substituents is 1. The van der Waals surface area contributed by atoms with Crippen LogP contribution in [0.1, 0.15) is 20.8 Å². The van der Waals surface area contributed by atoms with E-state index in [1.807, 2.05) is 69.3 Å². The molecule has 9 heteroatoms. The lowest BCUT2D eigenvalue weighted by molar-refractivity contribution is 0.0522. The number of phenols is 1. The first-order chi connectivity index (χ1) is 20.2. The monoisotopic (exact) mass is 559 g/mol. The summed E-state index contributed by atoms with van der Waals surface area (Å²) in [5, 5.41) is 19.5. The van der Waals surface area contributed by atoms with E-state index in [0.717, 1.165) is 22.1 Å². The highest BCUT2D eigenvalue weighted by molar-refractivity contribution is 5.96. The number of hydrogen-bond acceptors (Lipinski definition) is 8. The maximum absolute atomic E-state index is 12.6. The van der Waals surface area contributed by atoms with Crippen LogP contribution in [0, 0.1) is 0 Å². The number of fused-ring (bicyclic) bond motifs is 2. The third-order valence-corrected chi connectivity index (χ3v) is 6.62. The van der Waals surface area contributed by atoms with Gasteiger partial charge in [0.25, 0.3) is 0 Å². The summed E-state index contributed by atoms with van der Waals surface area (Å²) in [6, 6.07) is 26.9. The summed E-state index contributed by atoms with van der Waals surface area (Å²) in [4.78, 5) is 22.4. The SMILES string of the molecule is COc1cc2nc(-c3cccc(-c4ccccc4)c3)nc(Nc3ccc4c(cnn4C(=O)OC(C)(C)C)c3)c2cc1O. The minimum absolute atomic E-state index is 0.0236. The van der Waals surface area contributed by atoms with Gasteiger partial charge in [-0.15, -0.1) is 0 Å². The summed E-state index contributed by atoms with van der Waals surface area (Å²) in [6.07, 6.45) is 1.06. The topological polar surface area (TPSA) is 111 Å². The van der Waals surface area contributed by atoms with Crippen LogP contribution in [0.5, 0.6) is 11.5 Å². The summed E-state index contributed by atoms with van der Waals surface area (Å²) < 4.78 is 12.1. The van der Waals surface area contributed by atoms with Gasteiger partial charge in [-0.05, 0) is 62.2 Å². The second kappa shape index (κ2) is 10.5. The van der Waals surface area contributed by atoms with Crippen LogP contribution in [0.4, 0.5) is 16.3 Å². The second-order valence-corrected chi connectivity index (χ2v) is 10.8. The molecule has 9 nitrogen and oxygen atoms in total. The molecule has 0 aliphatic rings. The van der Waals surface area contributed by atoms with Crippen molar-refractivity contribution in [2.75, 3.05) is 12.4 Å². The molecule has 6 aromatic rings. The Hall–Kier alpha value is -5.44. The van der Waals surface area contributed by atoms with Gasteiger partial charge in [0.05, 0.1) is 24.3 Å². The van der Waals surface area contributed by atoms with Crippen LogP contribution in [-0.2, 0) is 4.74 Å². The van der Waals surface area contributed by atoms with Gasteiger partial charge >= 0.3 is 6.09 Å². The number of hydrogen-bond donors (Lipinski definition) is 2. The number of methoxy groups -OCH3 is 1. The van der Waals surface area contributed by atoms with Crippen LogP contribution in [0.15, 0.2) is 91.1 Å². The van der Waals surface area contributed by atoms with Gasteiger partial charge in [0.2, 0.25) is 0 Å². The Kier molecular flexibility index (Phi) is 6.70. The third kappa shape index (κ3) is 5.32. The van der Waals surface area contributed by atoms with Crippen LogP contribution in [0.3, 0.4) is 0 Å². The van der Waals surface area contributed by atoms with E-state index in [9.17, 15) is 9.90 Å². The molecule has 2 aromatic heterocycles. The first-order valence-electron chi connectivity index (χ1n) is 13.4. The predicted octanol–water partition coefficient (Wildman–Crippen LogP) is 7.55. The van der Waals surface area contributed by atoms with Crippen molar-refractivity contribution in [1.29, 1.82) is 0 Å². The van der Waals surface area contributed by atoms with Crippen LogP contribution in [0.2, 0.25) is 0 Å². The fourth-order valence-corrected chi connectivity index (χ4v) is 4.70. The van der Waals surface area contributed by atoms with Crippen LogP contribution >= 0.6 is 0 Å². The highest BCUT2D eigenvalue weighted by atomic mass is 16.6. The van der Waals surface area contributed by atoms with Gasteiger partial charge in [0, 0.05) is 28.1 Å². The van der Waals surface area contributed by atoms with Gasteiger partial charge < -0.3 is 19.9 Å². The molecule has 0 bridgehead atoms. The van der Waals surface area contributed by atoms with Gasteiger partial charge in [0.1, 0.15) is 11.4 Å². The third-order valence-electron chi connectivity index (χ3n) is 6.62. The standard InChI is InChI=1S/C33H29N5O4/c1-33(2,3)42-32(40)38-27-14-13-24(16-23(27)19-34-38)35-31-25-17-28(39)29(41-4)18-26(25)36-30(37-31)22-12-8-11-21(15-22)20-9-6-5-7-10-20/h5-19,39H,1-4H3,(H,35,36,37). The minimum Gasteiger partial charge on any atom is -0.504 e. The summed E-state index contributed by atoms with van der Waals surface area (Å²) in [7, 11) is 1.50. The molecule has 0 aliphatic heterocycles. The van der Waals surface area contributed by atoms with Crippen LogP contribution < -0.4 is 10.1 Å². The Morgan fingerprint density at radius 1 is 0.881 bits per heavy atom. The van der Waals surface area contributed by atoms with E-state index in [1.54, 1.807) is 24.4 Å². The lowest BCUT2D eigenvalue weighted by Gasteiger charge is -2.19. The number of carbonyl (C=O) groups excluding carboxylic acids is 1. The van der Waals surface area contributed by atoms with Crippen molar-refractivity contribution in [2.24, 2.45) is 0 Å². The molecule has 0 fully saturated rings. The fraction of sp³-hybridized carbons (Fsp3) is 0.152. The smallest absolute Gasteiger partial charge is 0.435 e. The molecule has 0 unspecified atom stereocenters. The summed E-state index contributed by atoms with van der Waals surface area (Å²) in [5.74, 6) is 1.29. The predicted molar refractivity (Wildman–Crippen MR) is 163 cm³/mol. The molecule has 0 amide bonds. The molecular weight excluding hydrogens is 530 g/mol. The minimum atomic E-state index is -0.641. The van der Waals surface area contributed by atoms with Crippen molar-refractivity contribution in [1.82, 2.24) is 19.7 Å². The molecule has 0 saturated heterocycles. The molecule has 2 heterocycles. The van der Waals surface area contributed by atoms with E-state index in [4.69, 9.17) is 19.4 Å². The number of nitrogens with one attached hydrogen (secondary N) is 1. The lowest BCUT2D eigenvalue weighted by atomic mass is 10.0. The van der Waals surface area contributed by atoms with E-state index in [1.165, 1.54) is 11.8 Å². The maximum Gasteiger partial charge on any atom is 0.435 e. The Bertz CT molecular complexity index is 1940. The number of aromatic hydroxyl groups is 1. The lowest BCUT2D eigenvalue weighted by Crippen LogP contribution is -2.27. The first kappa shape index (κ1) is 26.8. The van der Waals surface area contributed by atoms with Gasteiger partial charge in [-0.25, -0.2) is 14.8 Å². The number of benzene rings is 4. The van der Waals surface area contributed by atoms with Gasteiger partial charge in [0.15, 0.2) is 17.3 Å². The average molecular weight is 560 g/mol. The van der Waals surface area contributed by atoms with Gasteiger partial charge in [-0.2, -0.15) is 9.78 Å². The highest BCUT2D eigenvalue weighted by Gasteiger charge is 2.20. The molecular formula is C33H29N5O4. The summed E-state index contributed by atoms with van der Waals surface area (Å²) >= 11 is 0. The average Bonchev–Trinajstić information content (AvgIpc) is 3.40. The Balaban J connectivity index is 1.42. The molecule has 4 aromatic carbocycles. The van der Waals surface area contributed by atoms with Crippen molar-refractivity contribution in [3.8, 4) is 34.0 Å². The number of aromatic nitrogens is 4. The molecule has 6 rings (SSSR count). The van der Waals surface area contributed by atoms with Crippen molar-refractivity contribution < 1.29 is 19.4 Å². The second-order valence-electron chi connectivity index (χ2n) is 10.8. The molecule has 0 spiro atoms. The number of nitrogens with zero attached hydrogens (tertiary/aromatic N) is 4. The highest BCUT2D eigenvalue weighted by Crippen LogP contribution is 2.36. The fourth-order valence-electron chi connectivity index (χ4n) is 4.70. The maximum atomic E-state index is 12.6. The largest absolute Gasteiger partial charge is 0.504 e. The van der Waals surface area contributed by atoms with Gasteiger partial charge in [-0.1, -0.05) is 48.5 Å². The molecule has 0 atom stereocenters. The molecule has 2 N–H and O–H groups in total. The number of rotatable bonds is 5. The Morgan fingerprint density at radius 3 is 2.40 bits per heavy atom. The van der Waals surface area contributed by atoms with Crippen molar-refractivity contribution in [3.63, 3.8) is 0 Å². The van der Waals surface area contributed by atoms with Crippen LogP contribution in [0.25, 0.3) is 44.3 Å². The molecule has 210 valence electrons. The van der Waals surface area contributed by atoms with E-state index in [-0.39, 0.29) is 5.75 Å². The normalized spacial score (nSPS) is 11.5. The van der Waals surface area contributed by atoms with Crippen molar-refractivity contribution in [3.05, 3.63) is 91.1 Å². The quantitative estimate of drug-likeness (QED) is 0.223. The zero-order chi connectivity index (χ0) is 29.4. The van der Waals surface area contributed by atoms with Crippen LogP contribution in [-0.4, -0.2) is 43.7 Å². The Morgan fingerprint density at radius 2 is 1.64 bits per heavy atom. The number of carbonyl (C=O) groups is 1. The van der Waals surface area contributed by atoms with E-state index < -0.39 is 11.7 Å². The summed E-state index contributed by atoms with van der Waals surface area (Å²) in [6.45, 7) is 5.43. The summed E-state index contributed by atoms with van der Waals surface area (Å²) in [5.41, 5.74) is 4.25. The molecule has 0 saturated carbocycles. The van der Waals surface area contributed by atoms with Gasteiger partial charge in [-0.3, -0.25) is 0 Å².